The Bertz CT molecular complexity index is 297. The summed E-state index contributed by atoms with van der Waals surface area (Å²) in [7, 11) is 0. The fourth-order valence-electron chi connectivity index (χ4n) is 1.96. The molecule has 2 N–H and O–H groups in total. The predicted octanol–water partition coefficient (Wildman–Crippen LogP) is 2.93. The molecule has 0 saturated heterocycles. The third-order valence-corrected chi connectivity index (χ3v) is 3.22. The molecule has 0 spiro atoms. The van der Waals surface area contributed by atoms with Gasteiger partial charge in [0.15, 0.2) is 0 Å². The summed E-state index contributed by atoms with van der Waals surface area (Å²) in [5.74, 6) is 0.394. The molecule has 0 aliphatic rings. The maximum absolute atomic E-state index is 9.58. The van der Waals surface area contributed by atoms with Crippen molar-refractivity contribution < 1.29 is 5.11 Å². The maximum Gasteiger partial charge on any atom is 0.0518 e. The molecule has 0 bridgehead atoms. The van der Waals surface area contributed by atoms with Crippen LogP contribution < -0.4 is 5.32 Å². The van der Waals surface area contributed by atoms with Crippen LogP contribution in [-0.2, 0) is 0 Å². The van der Waals surface area contributed by atoms with Crippen LogP contribution in [0.1, 0.15) is 45.1 Å². The lowest BCUT2D eigenvalue weighted by atomic mass is 9.93. The van der Waals surface area contributed by atoms with Gasteiger partial charge in [0, 0.05) is 12.6 Å². The van der Waals surface area contributed by atoms with E-state index < -0.39 is 0 Å². The smallest absolute Gasteiger partial charge is 0.0518 e. The van der Waals surface area contributed by atoms with Gasteiger partial charge in [-0.1, -0.05) is 37.3 Å². The van der Waals surface area contributed by atoms with Gasteiger partial charge in [-0.15, -0.1) is 0 Å². The van der Waals surface area contributed by atoms with Crippen LogP contribution in [0.25, 0.3) is 0 Å². The molecule has 96 valence electrons. The minimum absolute atomic E-state index is 0.251. The average Bonchev–Trinajstić information content (AvgIpc) is 2.34. The highest BCUT2D eigenvalue weighted by molar-refractivity contribution is 5.20. The average molecular weight is 235 g/mol. The van der Waals surface area contributed by atoms with Gasteiger partial charge in [-0.05, 0) is 38.2 Å². The zero-order valence-corrected chi connectivity index (χ0v) is 11.2. The lowest BCUT2D eigenvalue weighted by Crippen LogP contribution is -2.31. The fourth-order valence-corrected chi connectivity index (χ4v) is 1.96. The Hall–Kier alpha value is -0.860. The van der Waals surface area contributed by atoms with Crippen molar-refractivity contribution in [1.82, 2.24) is 5.32 Å². The number of aliphatic hydroxyl groups is 1. The molecule has 0 amide bonds. The van der Waals surface area contributed by atoms with Crippen LogP contribution in [0, 0.1) is 0 Å². The minimum Gasteiger partial charge on any atom is -0.393 e. The van der Waals surface area contributed by atoms with E-state index in [1.54, 1.807) is 0 Å². The molecule has 2 nitrogen and oxygen atoms in total. The number of hydrogen-bond acceptors (Lipinski definition) is 2. The molecule has 0 aliphatic heterocycles. The first-order valence-corrected chi connectivity index (χ1v) is 6.59. The van der Waals surface area contributed by atoms with Gasteiger partial charge in [0.05, 0.1) is 6.10 Å². The number of nitrogens with one attached hydrogen (secondary N) is 1. The third-order valence-electron chi connectivity index (χ3n) is 3.22. The van der Waals surface area contributed by atoms with Crippen LogP contribution in [0.15, 0.2) is 30.3 Å². The number of aliphatic hydroxyl groups excluding tert-OH is 1. The molecule has 0 aromatic heterocycles. The van der Waals surface area contributed by atoms with Gasteiger partial charge in [-0.25, -0.2) is 0 Å². The van der Waals surface area contributed by atoms with E-state index in [-0.39, 0.29) is 6.10 Å². The molecule has 0 aliphatic carbocycles. The summed E-state index contributed by atoms with van der Waals surface area (Å²) >= 11 is 0. The van der Waals surface area contributed by atoms with Crippen LogP contribution in [0.2, 0.25) is 0 Å². The minimum atomic E-state index is -0.251. The summed E-state index contributed by atoms with van der Waals surface area (Å²) in [6.45, 7) is 7.18. The van der Waals surface area contributed by atoms with E-state index in [9.17, 15) is 5.11 Å². The van der Waals surface area contributed by atoms with Crippen LogP contribution in [-0.4, -0.2) is 23.8 Å². The normalized spacial score (nSPS) is 16.5. The summed E-state index contributed by atoms with van der Waals surface area (Å²) in [6.07, 6.45) is 1.70. The van der Waals surface area contributed by atoms with Crippen LogP contribution in [0.5, 0.6) is 0 Å². The van der Waals surface area contributed by atoms with E-state index in [2.05, 4.69) is 43.4 Å². The SMILES string of the molecule is CCC(C)NCC(CC(C)O)c1ccccc1. The Balaban J connectivity index is 2.61. The molecular weight excluding hydrogens is 210 g/mol. The van der Waals surface area contributed by atoms with Crippen molar-refractivity contribution in [2.75, 3.05) is 6.54 Å². The van der Waals surface area contributed by atoms with E-state index in [4.69, 9.17) is 0 Å². The van der Waals surface area contributed by atoms with Crippen LogP contribution in [0.3, 0.4) is 0 Å². The molecular formula is C15H25NO. The highest BCUT2D eigenvalue weighted by atomic mass is 16.3. The predicted molar refractivity (Wildman–Crippen MR) is 73.2 cm³/mol. The van der Waals surface area contributed by atoms with Gasteiger partial charge >= 0.3 is 0 Å². The van der Waals surface area contributed by atoms with Gasteiger partial charge < -0.3 is 10.4 Å². The summed E-state index contributed by atoms with van der Waals surface area (Å²) in [6, 6.07) is 11.0. The van der Waals surface area contributed by atoms with Crippen molar-refractivity contribution in [3.8, 4) is 0 Å². The summed E-state index contributed by atoms with van der Waals surface area (Å²) in [4.78, 5) is 0. The van der Waals surface area contributed by atoms with Crippen molar-refractivity contribution in [3.63, 3.8) is 0 Å². The molecule has 1 aromatic carbocycles. The topological polar surface area (TPSA) is 32.3 Å². The van der Waals surface area contributed by atoms with Crippen molar-refractivity contribution in [2.24, 2.45) is 0 Å². The molecule has 3 unspecified atom stereocenters. The van der Waals surface area contributed by atoms with Crippen molar-refractivity contribution in [3.05, 3.63) is 35.9 Å². The van der Waals surface area contributed by atoms with Crippen LogP contribution in [0.4, 0.5) is 0 Å². The van der Waals surface area contributed by atoms with Crippen LogP contribution >= 0.6 is 0 Å². The lowest BCUT2D eigenvalue weighted by molar-refractivity contribution is 0.173. The molecule has 3 atom stereocenters. The second-order valence-corrected chi connectivity index (χ2v) is 4.91. The highest BCUT2D eigenvalue weighted by Crippen LogP contribution is 2.20. The molecule has 1 aromatic rings. The molecule has 0 saturated carbocycles. The van der Waals surface area contributed by atoms with Gasteiger partial charge in [0.2, 0.25) is 0 Å². The first-order valence-electron chi connectivity index (χ1n) is 6.59. The second-order valence-electron chi connectivity index (χ2n) is 4.91. The Kier molecular flexibility index (Phi) is 6.23. The van der Waals surface area contributed by atoms with E-state index in [0.29, 0.717) is 12.0 Å². The summed E-state index contributed by atoms with van der Waals surface area (Å²) < 4.78 is 0. The number of rotatable bonds is 7. The molecule has 2 heteroatoms. The number of hydrogen-bond donors (Lipinski definition) is 2. The Morgan fingerprint density at radius 3 is 2.35 bits per heavy atom. The van der Waals surface area contributed by atoms with Gasteiger partial charge in [-0.3, -0.25) is 0 Å². The first kappa shape index (κ1) is 14.2. The van der Waals surface area contributed by atoms with E-state index in [0.717, 1.165) is 19.4 Å². The fraction of sp³-hybridized carbons (Fsp3) is 0.600. The first-order chi connectivity index (χ1) is 8.13. The van der Waals surface area contributed by atoms with E-state index in [1.165, 1.54) is 5.56 Å². The van der Waals surface area contributed by atoms with Gasteiger partial charge in [-0.2, -0.15) is 0 Å². The molecule has 1 rings (SSSR count). The summed E-state index contributed by atoms with van der Waals surface area (Å²) in [5, 5.41) is 13.1. The standard InChI is InChI=1S/C15H25NO/c1-4-12(2)16-11-15(10-13(3)17)14-8-6-5-7-9-14/h5-9,12-13,15-17H,4,10-11H2,1-3H3. The number of benzene rings is 1. The Morgan fingerprint density at radius 1 is 1.18 bits per heavy atom. The monoisotopic (exact) mass is 235 g/mol. The Morgan fingerprint density at radius 2 is 1.82 bits per heavy atom. The Labute approximate surface area is 105 Å². The molecule has 0 heterocycles. The van der Waals surface area contributed by atoms with Gasteiger partial charge in [0.25, 0.3) is 0 Å². The summed E-state index contributed by atoms with van der Waals surface area (Å²) in [5.41, 5.74) is 1.31. The van der Waals surface area contributed by atoms with Crippen molar-refractivity contribution in [1.29, 1.82) is 0 Å². The second kappa shape index (κ2) is 7.46. The third kappa shape index (κ3) is 5.33. The maximum atomic E-state index is 9.58. The largest absolute Gasteiger partial charge is 0.393 e. The highest BCUT2D eigenvalue weighted by Gasteiger charge is 2.14. The molecule has 17 heavy (non-hydrogen) atoms. The van der Waals surface area contributed by atoms with Gasteiger partial charge in [0.1, 0.15) is 0 Å². The van der Waals surface area contributed by atoms with Crippen molar-refractivity contribution in [2.45, 2.75) is 51.7 Å². The zero-order valence-electron chi connectivity index (χ0n) is 11.2. The zero-order chi connectivity index (χ0) is 12.7. The van der Waals surface area contributed by atoms with E-state index >= 15 is 0 Å². The van der Waals surface area contributed by atoms with Crippen molar-refractivity contribution >= 4 is 0 Å². The molecule has 0 fully saturated rings. The van der Waals surface area contributed by atoms with E-state index in [1.807, 2.05) is 13.0 Å². The molecule has 0 radical (unpaired) electrons. The quantitative estimate of drug-likeness (QED) is 0.761. The lowest BCUT2D eigenvalue weighted by Gasteiger charge is -2.22.